The lowest BCUT2D eigenvalue weighted by Crippen LogP contribution is -2.31. The number of pyridine rings is 1. The van der Waals surface area contributed by atoms with Gasteiger partial charge in [-0.3, -0.25) is 9.20 Å². The monoisotopic (exact) mass is 306 g/mol. The van der Waals surface area contributed by atoms with E-state index in [9.17, 15) is 4.79 Å². The average molecular weight is 306 g/mol. The van der Waals surface area contributed by atoms with Crippen molar-refractivity contribution < 1.29 is 4.79 Å². The molecule has 5 nitrogen and oxygen atoms in total. The third-order valence-corrected chi connectivity index (χ3v) is 4.51. The average Bonchev–Trinajstić information content (AvgIpc) is 2.96. The Bertz CT molecular complexity index is 884. The molecule has 0 unspecified atom stereocenters. The number of aryl methyl sites for hydroxylation is 2. The summed E-state index contributed by atoms with van der Waals surface area (Å²) in [6.07, 6.45) is 4.98. The summed E-state index contributed by atoms with van der Waals surface area (Å²) in [4.78, 5) is 12.6. The number of hydrogen-bond acceptors (Lipinski definition) is 3. The minimum Gasteiger partial charge on any atom is -0.345 e. The summed E-state index contributed by atoms with van der Waals surface area (Å²) in [7, 11) is 0. The Morgan fingerprint density at radius 3 is 3.00 bits per heavy atom. The Morgan fingerprint density at radius 2 is 2.09 bits per heavy atom. The smallest absolute Gasteiger partial charge is 0.253 e. The fourth-order valence-corrected chi connectivity index (χ4v) is 3.29. The molecule has 23 heavy (non-hydrogen) atoms. The van der Waals surface area contributed by atoms with E-state index in [1.807, 2.05) is 23.5 Å². The van der Waals surface area contributed by atoms with Crippen LogP contribution in [0, 0.1) is 6.92 Å². The maximum absolute atomic E-state index is 12.6. The molecule has 0 aliphatic heterocycles. The molecule has 1 amide bonds. The third-order valence-electron chi connectivity index (χ3n) is 4.51. The van der Waals surface area contributed by atoms with Crippen molar-refractivity contribution in [3.63, 3.8) is 0 Å². The van der Waals surface area contributed by atoms with Gasteiger partial charge in [-0.25, -0.2) is 0 Å². The molecular formula is C18H18N4O. The number of nitrogens with zero attached hydrogens (tertiary/aromatic N) is 3. The number of hydrogen-bond donors (Lipinski definition) is 1. The second-order valence-corrected chi connectivity index (χ2v) is 6.01. The maximum Gasteiger partial charge on any atom is 0.253 e. The number of nitrogens with one attached hydrogen (secondary N) is 1. The molecule has 4 rings (SSSR count). The summed E-state index contributed by atoms with van der Waals surface area (Å²) in [5.41, 5.74) is 3.97. The first-order valence-electron chi connectivity index (χ1n) is 7.92. The van der Waals surface area contributed by atoms with Crippen molar-refractivity contribution in [2.75, 3.05) is 0 Å². The van der Waals surface area contributed by atoms with Gasteiger partial charge in [-0.15, -0.1) is 10.2 Å². The van der Waals surface area contributed by atoms with E-state index in [0.29, 0.717) is 5.56 Å². The van der Waals surface area contributed by atoms with Crippen molar-refractivity contribution in [3.8, 4) is 0 Å². The normalized spacial score (nSPS) is 17.0. The zero-order valence-corrected chi connectivity index (χ0v) is 13.0. The molecule has 0 fully saturated rings. The van der Waals surface area contributed by atoms with E-state index in [0.717, 1.165) is 30.7 Å². The summed E-state index contributed by atoms with van der Waals surface area (Å²) >= 11 is 0. The minimum absolute atomic E-state index is 0.0540. The Balaban J connectivity index is 1.61. The molecule has 116 valence electrons. The molecule has 2 heterocycles. The van der Waals surface area contributed by atoms with Crippen LogP contribution in [0.5, 0.6) is 0 Å². The maximum atomic E-state index is 12.6. The molecule has 1 aliphatic carbocycles. The lowest BCUT2D eigenvalue weighted by atomic mass is 9.87. The Kier molecular flexibility index (Phi) is 3.33. The van der Waals surface area contributed by atoms with E-state index >= 15 is 0 Å². The van der Waals surface area contributed by atoms with Gasteiger partial charge in [-0.2, -0.15) is 0 Å². The number of carbonyl (C=O) groups excluding carboxylic acids is 1. The van der Waals surface area contributed by atoms with Crippen molar-refractivity contribution in [2.45, 2.75) is 32.2 Å². The molecule has 2 aromatic heterocycles. The zero-order chi connectivity index (χ0) is 15.8. The van der Waals surface area contributed by atoms with Crippen molar-refractivity contribution >= 4 is 11.6 Å². The van der Waals surface area contributed by atoms with Gasteiger partial charge in [-0.1, -0.05) is 24.3 Å². The molecule has 0 saturated carbocycles. The van der Waals surface area contributed by atoms with Crippen LogP contribution in [0.25, 0.3) is 5.65 Å². The van der Waals surface area contributed by atoms with E-state index in [2.05, 4.69) is 33.7 Å². The minimum atomic E-state index is -0.0540. The molecule has 5 heteroatoms. The van der Waals surface area contributed by atoms with E-state index in [4.69, 9.17) is 0 Å². The van der Waals surface area contributed by atoms with E-state index in [-0.39, 0.29) is 11.9 Å². The van der Waals surface area contributed by atoms with Gasteiger partial charge in [0, 0.05) is 6.20 Å². The highest BCUT2D eigenvalue weighted by Crippen LogP contribution is 2.29. The molecule has 0 saturated heterocycles. The van der Waals surface area contributed by atoms with Gasteiger partial charge >= 0.3 is 0 Å². The number of rotatable bonds is 2. The van der Waals surface area contributed by atoms with Gasteiger partial charge in [0.25, 0.3) is 5.91 Å². The zero-order valence-electron chi connectivity index (χ0n) is 13.0. The Hall–Kier alpha value is -2.69. The largest absolute Gasteiger partial charge is 0.345 e. The molecule has 1 aromatic carbocycles. The summed E-state index contributed by atoms with van der Waals surface area (Å²) < 4.78 is 1.84. The molecule has 0 spiro atoms. The molecule has 1 atom stereocenters. The quantitative estimate of drug-likeness (QED) is 0.792. The second-order valence-electron chi connectivity index (χ2n) is 6.01. The van der Waals surface area contributed by atoms with Crippen LogP contribution in [0.3, 0.4) is 0 Å². The predicted molar refractivity (Wildman–Crippen MR) is 87.3 cm³/mol. The van der Waals surface area contributed by atoms with Gasteiger partial charge in [-0.05, 0) is 49.4 Å². The van der Waals surface area contributed by atoms with E-state index in [1.165, 1.54) is 11.1 Å². The highest BCUT2D eigenvalue weighted by atomic mass is 16.1. The molecule has 0 bridgehead atoms. The number of carbonyl (C=O) groups is 1. The number of aromatic nitrogens is 3. The van der Waals surface area contributed by atoms with Crippen LogP contribution in [-0.2, 0) is 6.42 Å². The van der Waals surface area contributed by atoms with Crippen LogP contribution in [0.1, 0.15) is 46.2 Å². The highest BCUT2D eigenvalue weighted by Gasteiger charge is 2.22. The van der Waals surface area contributed by atoms with E-state index in [1.54, 1.807) is 12.3 Å². The fraction of sp³-hybridized carbons (Fsp3) is 0.278. The number of fused-ring (bicyclic) bond motifs is 2. The van der Waals surface area contributed by atoms with Crippen molar-refractivity contribution in [3.05, 3.63) is 65.1 Å². The van der Waals surface area contributed by atoms with Crippen molar-refractivity contribution in [2.24, 2.45) is 0 Å². The lowest BCUT2D eigenvalue weighted by molar-refractivity contribution is 0.0932. The molecule has 1 aliphatic rings. The Morgan fingerprint density at radius 1 is 1.22 bits per heavy atom. The van der Waals surface area contributed by atoms with Crippen LogP contribution in [0.4, 0.5) is 0 Å². The Labute approximate surface area is 134 Å². The highest BCUT2D eigenvalue weighted by molar-refractivity contribution is 5.94. The van der Waals surface area contributed by atoms with Crippen LogP contribution in [-0.4, -0.2) is 20.5 Å². The summed E-state index contributed by atoms with van der Waals surface area (Å²) in [5, 5.41) is 11.2. The van der Waals surface area contributed by atoms with Gasteiger partial charge in [0.15, 0.2) is 5.65 Å². The fourth-order valence-electron chi connectivity index (χ4n) is 3.29. The van der Waals surface area contributed by atoms with Crippen LogP contribution >= 0.6 is 0 Å². The molecular weight excluding hydrogens is 288 g/mol. The van der Waals surface area contributed by atoms with Gasteiger partial charge in [0.05, 0.1) is 11.6 Å². The summed E-state index contributed by atoms with van der Waals surface area (Å²) in [6, 6.07) is 12.1. The third kappa shape index (κ3) is 2.48. The van der Waals surface area contributed by atoms with Crippen LogP contribution < -0.4 is 5.32 Å². The van der Waals surface area contributed by atoms with Gasteiger partial charge in [0.1, 0.15) is 5.82 Å². The predicted octanol–water partition coefficient (Wildman–Crippen LogP) is 2.85. The first kappa shape index (κ1) is 13.9. The SMILES string of the molecule is Cc1nnc2ccc(C(=O)N[C@@H]3CCCc4ccccc43)cn12. The summed E-state index contributed by atoms with van der Waals surface area (Å²) in [6.45, 7) is 1.87. The van der Waals surface area contributed by atoms with Crippen molar-refractivity contribution in [1.29, 1.82) is 0 Å². The first-order chi connectivity index (χ1) is 11.2. The van der Waals surface area contributed by atoms with Gasteiger partial charge in [0.2, 0.25) is 0 Å². The van der Waals surface area contributed by atoms with Gasteiger partial charge < -0.3 is 5.32 Å². The molecule has 3 aromatic rings. The standard InChI is InChI=1S/C18H18N4O/c1-12-20-21-17-10-9-14(11-22(12)17)18(23)19-16-8-4-6-13-5-2-3-7-15(13)16/h2-3,5,7,9-11,16H,4,6,8H2,1H3,(H,19,23)/t16-/m1/s1. The topological polar surface area (TPSA) is 59.3 Å². The van der Waals surface area contributed by atoms with Crippen LogP contribution in [0.15, 0.2) is 42.6 Å². The van der Waals surface area contributed by atoms with Crippen LogP contribution in [0.2, 0.25) is 0 Å². The molecule has 0 radical (unpaired) electrons. The lowest BCUT2D eigenvalue weighted by Gasteiger charge is -2.26. The number of amides is 1. The molecule has 1 N–H and O–H groups in total. The second kappa shape index (κ2) is 5.50. The first-order valence-corrected chi connectivity index (χ1v) is 7.92. The van der Waals surface area contributed by atoms with Crippen molar-refractivity contribution in [1.82, 2.24) is 19.9 Å². The van der Waals surface area contributed by atoms with E-state index < -0.39 is 0 Å². The number of benzene rings is 1. The summed E-state index contributed by atoms with van der Waals surface area (Å²) in [5.74, 6) is 0.722.